The summed E-state index contributed by atoms with van der Waals surface area (Å²) in [5.74, 6) is 0.694. The topological polar surface area (TPSA) is 41.1 Å². The molecule has 0 heterocycles. The Bertz CT molecular complexity index is 388. The molecular formula is C15H24N2O. The molecule has 1 aromatic carbocycles. The fourth-order valence-corrected chi connectivity index (χ4v) is 1.83. The van der Waals surface area contributed by atoms with Gasteiger partial charge in [-0.3, -0.25) is 4.79 Å². The predicted octanol–water partition coefficient (Wildman–Crippen LogP) is 3.88. The predicted molar refractivity (Wildman–Crippen MR) is 77.9 cm³/mol. The van der Waals surface area contributed by atoms with Crippen molar-refractivity contribution >= 4 is 17.3 Å². The molecular weight excluding hydrogens is 224 g/mol. The molecule has 0 spiro atoms. The molecule has 0 aliphatic heterocycles. The molecule has 0 aliphatic rings. The molecule has 3 nitrogen and oxygen atoms in total. The van der Waals surface area contributed by atoms with E-state index in [1.807, 2.05) is 24.3 Å². The Morgan fingerprint density at radius 1 is 1.17 bits per heavy atom. The Morgan fingerprint density at radius 2 is 1.83 bits per heavy atom. The van der Waals surface area contributed by atoms with E-state index < -0.39 is 0 Å². The first-order chi connectivity index (χ1) is 8.47. The average Bonchev–Trinajstić information content (AvgIpc) is 2.26. The van der Waals surface area contributed by atoms with Crippen molar-refractivity contribution in [2.45, 2.75) is 46.6 Å². The van der Waals surface area contributed by atoms with Crippen LogP contribution in [0.3, 0.4) is 0 Å². The number of anilines is 2. The van der Waals surface area contributed by atoms with Crippen LogP contribution in [0.15, 0.2) is 24.3 Å². The van der Waals surface area contributed by atoms with E-state index in [2.05, 4.69) is 31.4 Å². The van der Waals surface area contributed by atoms with Gasteiger partial charge in [0.05, 0.1) is 0 Å². The lowest BCUT2D eigenvalue weighted by atomic mass is 10.0. The van der Waals surface area contributed by atoms with E-state index in [0.717, 1.165) is 23.7 Å². The zero-order valence-electron chi connectivity index (χ0n) is 11.8. The normalized spacial score (nSPS) is 12.3. The number of rotatable bonds is 6. The van der Waals surface area contributed by atoms with Gasteiger partial charge < -0.3 is 10.6 Å². The number of carbonyl (C=O) groups excluding carboxylic acids is 1. The summed E-state index contributed by atoms with van der Waals surface area (Å²) in [6, 6.07) is 8.28. The van der Waals surface area contributed by atoms with E-state index in [4.69, 9.17) is 0 Å². The van der Waals surface area contributed by atoms with Gasteiger partial charge in [0.15, 0.2) is 0 Å². The molecule has 2 N–H and O–H groups in total. The van der Waals surface area contributed by atoms with E-state index in [0.29, 0.717) is 6.04 Å². The second-order valence-electron chi connectivity index (χ2n) is 5.28. The molecule has 0 radical (unpaired) electrons. The summed E-state index contributed by atoms with van der Waals surface area (Å²) in [5.41, 5.74) is 1.89. The van der Waals surface area contributed by atoms with Crippen LogP contribution in [-0.4, -0.2) is 11.9 Å². The van der Waals surface area contributed by atoms with Crippen molar-refractivity contribution in [3.63, 3.8) is 0 Å². The van der Waals surface area contributed by atoms with E-state index in [1.165, 1.54) is 13.3 Å². The lowest BCUT2D eigenvalue weighted by Gasteiger charge is -2.17. The quantitative estimate of drug-likeness (QED) is 0.802. The van der Waals surface area contributed by atoms with Gasteiger partial charge in [-0.05, 0) is 43.9 Å². The van der Waals surface area contributed by atoms with Gasteiger partial charge in [-0.25, -0.2) is 0 Å². The SMILES string of the molecule is CC(=O)Nc1cccc(NC(C)CCC(C)C)c1. The first-order valence-electron chi connectivity index (χ1n) is 6.61. The summed E-state index contributed by atoms with van der Waals surface area (Å²) < 4.78 is 0. The highest BCUT2D eigenvalue weighted by atomic mass is 16.1. The van der Waals surface area contributed by atoms with E-state index in [9.17, 15) is 4.79 Å². The molecule has 0 saturated heterocycles. The lowest BCUT2D eigenvalue weighted by molar-refractivity contribution is -0.114. The van der Waals surface area contributed by atoms with Crippen molar-refractivity contribution in [3.05, 3.63) is 24.3 Å². The van der Waals surface area contributed by atoms with Crippen LogP contribution in [0.1, 0.15) is 40.5 Å². The van der Waals surface area contributed by atoms with E-state index >= 15 is 0 Å². The molecule has 0 fully saturated rings. The maximum Gasteiger partial charge on any atom is 0.221 e. The van der Waals surface area contributed by atoms with Crippen LogP contribution in [0.25, 0.3) is 0 Å². The summed E-state index contributed by atoms with van der Waals surface area (Å²) in [6.07, 6.45) is 2.38. The zero-order chi connectivity index (χ0) is 13.5. The highest BCUT2D eigenvalue weighted by Crippen LogP contribution is 2.17. The number of hydrogen-bond acceptors (Lipinski definition) is 2. The van der Waals surface area contributed by atoms with E-state index in [1.54, 1.807) is 0 Å². The molecule has 0 aromatic heterocycles. The molecule has 18 heavy (non-hydrogen) atoms. The molecule has 100 valence electrons. The van der Waals surface area contributed by atoms with Gasteiger partial charge in [0.25, 0.3) is 0 Å². The second-order valence-corrected chi connectivity index (χ2v) is 5.28. The maximum absolute atomic E-state index is 11.0. The van der Waals surface area contributed by atoms with Crippen LogP contribution in [-0.2, 0) is 4.79 Å². The number of carbonyl (C=O) groups is 1. The molecule has 1 amide bonds. The fourth-order valence-electron chi connectivity index (χ4n) is 1.83. The van der Waals surface area contributed by atoms with Crippen LogP contribution >= 0.6 is 0 Å². The summed E-state index contributed by atoms with van der Waals surface area (Å²) in [7, 11) is 0. The van der Waals surface area contributed by atoms with Gasteiger partial charge in [-0.2, -0.15) is 0 Å². The highest BCUT2D eigenvalue weighted by Gasteiger charge is 2.04. The third-order valence-corrected chi connectivity index (χ3v) is 2.77. The monoisotopic (exact) mass is 248 g/mol. The van der Waals surface area contributed by atoms with Crippen LogP contribution in [0, 0.1) is 5.92 Å². The van der Waals surface area contributed by atoms with Crippen LogP contribution < -0.4 is 10.6 Å². The maximum atomic E-state index is 11.0. The third-order valence-electron chi connectivity index (χ3n) is 2.77. The minimum Gasteiger partial charge on any atom is -0.383 e. The Morgan fingerprint density at radius 3 is 2.44 bits per heavy atom. The summed E-state index contributed by atoms with van der Waals surface area (Å²) >= 11 is 0. The molecule has 1 rings (SSSR count). The molecule has 1 atom stereocenters. The molecule has 0 bridgehead atoms. The molecule has 0 saturated carbocycles. The van der Waals surface area contributed by atoms with Crippen LogP contribution in [0.2, 0.25) is 0 Å². The van der Waals surface area contributed by atoms with Gasteiger partial charge in [-0.15, -0.1) is 0 Å². The molecule has 1 unspecified atom stereocenters. The largest absolute Gasteiger partial charge is 0.383 e. The Kier molecular flexibility index (Phi) is 5.69. The first kappa shape index (κ1) is 14.6. The van der Waals surface area contributed by atoms with Crippen molar-refractivity contribution in [2.24, 2.45) is 5.92 Å². The second kappa shape index (κ2) is 7.04. The number of benzene rings is 1. The molecule has 0 aliphatic carbocycles. The molecule has 1 aromatic rings. The standard InChI is InChI=1S/C15H24N2O/c1-11(2)8-9-12(3)16-14-6-5-7-15(10-14)17-13(4)18/h5-7,10-12,16H,8-9H2,1-4H3,(H,17,18). The Labute approximate surface area is 110 Å². The van der Waals surface area contributed by atoms with Gasteiger partial charge in [0.2, 0.25) is 5.91 Å². The third kappa shape index (κ3) is 5.71. The number of amides is 1. The van der Waals surface area contributed by atoms with Gasteiger partial charge in [0, 0.05) is 24.3 Å². The van der Waals surface area contributed by atoms with Crippen molar-refractivity contribution in [1.82, 2.24) is 0 Å². The van der Waals surface area contributed by atoms with Crippen LogP contribution in [0.4, 0.5) is 11.4 Å². The number of hydrogen-bond donors (Lipinski definition) is 2. The summed E-state index contributed by atoms with van der Waals surface area (Å²) in [5, 5.41) is 6.25. The summed E-state index contributed by atoms with van der Waals surface area (Å²) in [6.45, 7) is 8.19. The van der Waals surface area contributed by atoms with Gasteiger partial charge in [-0.1, -0.05) is 19.9 Å². The Balaban J connectivity index is 2.53. The summed E-state index contributed by atoms with van der Waals surface area (Å²) in [4.78, 5) is 11.0. The van der Waals surface area contributed by atoms with Gasteiger partial charge in [0.1, 0.15) is 0 Å². The minimum atomic E-state index is -0.0417. The highest BCUT2D eigenvalue weighted by molar-refractivity contribution is 5.89. The first-order valence-corrected chi connectivity index (χ1v) is 6.61. The van der Waals surface area contributed by atoms with Crippen LogP contribution in [0.5, 0.6) is 0 Å². The average molecular weight is 248 g/mol. The van der Waals surface area contributed by atoms with Gasteiger partial charge >= 0.3 is 0 Å². The van der Waals surface area contributed by atoms with E-state index in [-0.39, 0.29) is 5.91 Å². The smallest absolute Gasteiger partial charge is 0.221 e. The minimum absolute atomic E-state index is 0.0417. The zero-order valence-corrected chi connectivity index (χ0v) is 11.8. The fraction of sp³-hybridized carbons (Fsp3) is 0.533. The van der Waals surface area contributed by atoms with Crippen molar-refractivity contribution in [1.29, 1.82) is 0 Å². The van der Waals surface area contributed by atoms with Crippen molar-refractivity contribution in [2.75, 3.05) is 10.6 Å². The van der Waals surface area contributed by atoms with Crippen molar-refractivity contribution < 1.29 is 4.79 Å². The Hall–Kier alpha value is -1.51. The number of nitrogens with one attached hydrogen (secondary N) is 2. The molecule has 3 heteroatoms. The van der Waals surface area contributed by atoms with Crippen molar-refractivity contribution in [3.8, 4) is 0 Å². The lowest BCUT2D eigenvalue weighted by Crippen LogP contribution is -2.16.